The minimum atomic E-state index is 0.0407. The van der Waals surface area contributed by atoms with Crippen molar-refractivity contribution < 1.29 is 9.90 Å². The van der Waals surface area contributed by atoms with Gasteiger partial charge in [-0.25, -0.2) is 4.79 Å². The Kier molecular flexibility index (Phi) is 5.21. The van der Waals surface area contributed by atoms with Gasteiger partial charge in [0, 0.05) is 19.2 Å². The summed E-state index contributed by atoms with van der Waals surface area (Å²) < 4.78 is 0. The number of hydrogen-bond acceptors (Lipinski definition) is 2. The van der Waals surface area contributed by atoms with Crippen molar-refractivity contribution in [3.8, 4) is 0 Å². The van der Waals surface area contributed by atoms with Crippen LogP contribution < -0.4 is 5.32 Å². The summed E-state index contributed by atoms with van der Waals surface area (Å²) in [4.78, 5) is 14.8. The van der Waals surface area contributed by atoms with E-state index < -0.39 is 0 Å². The average Bonchev–Trinajstić information content (AvgIpc) is 3.15. The average molecular weight is 316 g/mol. The standard InChI is InChI=1S/C19H28N2O2/c1-14-6-4-9-17(14)20-19(23)21(12-5-13-22)18-11-10-15-7-2-3-8-16(15)18/h2-3,7-8,14,17-18,22H,4-6,9-13H2,1H3,(H,20,23). The molecular formula is C19H28N2O2. The Labute approximate surface area is 138 Å². The number of nitrogens with zero attached hydrogens (tertiary/aromatic N) is 1. The molecule has 2 aliphatic rings. The lowest BCUT2D eigenvalue weighted by molar-refractivity contribution is 0.159. The van der Waals surface area contributed by atoms with Gasteiger partial charge in [0.05, 0.1) is 6.04 Å². The number of aryl methyl sites for hydroxylation is 1. The third-order valence-corrected chi connectivity index (χ3v) is 5.47. The Bertz CT molecular complexity index is 546. The lowest BCUT2D eigenvalue weighted by atomic mass is 10.1. The zero-order valence-electron chi connectivity index (χ0n) is 14.0. The smallest absolute Gasteiger partial charge is 0.318 e. The van der Waals surface area contributed by atoms with E-state index >= 15 is 0 Å². The Morgan fingerprint density at radius 1 is 1.30 bits per heavy atom. The van der Waals surface area contributed by atoms with Gasteiger partial charge in [-0.2, -0.15) is 0 Å². The van der Waals surface area contributed by atoms with Crippen molar-refractivity contribution in [1.29, 1.82) is 0 Å². The molecule has 23 heavy (non-hydrogen) atoms. The quantitative estimate of drug-likeness (QED) is 0.876. The van der Waals surface area contributed by atoms with E-state index in [1.807, 2.05) is 4.90 Å². The predicted molar refractivity (Wildman–Crippen MR) is 91.2 cm³/mol. The molecule has 3 atom stereocenters. The molecule has 0 spiro atoms. The molecule has 2 aliphatic carbocycles. The van der Waals surface area contributed by atoms with E-state index in [0.29, 0.717) is 24.9 Å². The Balaban J connectivity index is 1.74. The van der Waals surface area contributed by atoms with E-state index in [1.165, 1.54) is 24.0 Å². The Morgan fingerprint density at radius 3 is 2.87 bits per heavy atom. The normalized spacial score (nSPS) is 26.1. The lowest BCUT2D eigenvalue weighted by Crippen LogP contribution is -2.47. The molecule has 1 aromatic rings. The van der Waals surface area contributed by atoms with Crippen LogP contribution >= 0.6 is 0 Å². The zero-order chi connectivity index (χ0) is 16.2. The molecule has 1 saturated carbocycles. The van der Waals surface area contributed by atoms with E-state index in [1.54, 1.807) is 0 Å². The first-order chi connectivity index (χ1) is 11.2. The maximum Gasteiger partial charge on any atom is 0.318 e. The number of nitrogens with one attached hydrogen (secondary N) is 1. The van der Waals surface area contributed by atoms with Gasteiger partial charge in [-0.05, 0) is 49.1 Å². The second kappa shape index (κ2) is 7.35. The highest BCUT2D eigenvalue weighted by Crippen LogP contribution is 2.36. The van der Waals surface area contributed by atoms with Crippen LogP contribution in [0.3, 0.4) is 0 Å². The van der Waals surface area contributed by atoms with E-state index in [0.717, 1.165) is 19.3 Å². The monoisotopic (exact) mass is 316 g/mol. The van der Waals surface area contributed by atoms with Gasteiger partial charge in [0.25, 0.3) is 0 Å². The van der Waals surface area contributed by atoms with Crippen molar-refractivity contribution >= 4 is 6.03 Å². The summed E-state index contributed by atoms with van der Waals surface area (Å²) in [5.41, 5.74) is 2.63. The molecule has 0 heterocycles. The van der Waals surface area contributed by atoms with Gasteiger partial charge >= 0.3 is 6.03 Å². The van der Waals surface area contributed by atoms with Crippen LogP contribution in [0.25, 0.3) is 0 Å². The Morgan fingerprint density at radius 2 is 2.13 bits per heavy atom. The van der Waals surface area contributed by atoms with Gasteiger partial charge in [-0.15, -0.1) is 0 Å². The van der Waals surface area contributed by atoms with Crippen molar-refractivity contribution in [2.24, 2.45) is 5.92 Å². The molecule has 3 unspecified atom stereocenters. The molecule has 4 heteroatoms. The topological polar surface area (TPSA) is 52.6 Å². The summed E-state index contributed by atoms with van der Waals surface area (Å²) in [5.74, 6) is 0.564. The number of hydrogen-bond donors (Lipinski definition) is 2. The third kappa shape index (κ3) is 3.52. The van der Waals surface area contributed by atoms with Crippen molar-refractivity contribution in [2.45, 2.75) is 57.5 Å². The molecule has 3 rings (SSSR count). The fourth-order valence-corrected chi connectivity index (χ4v) is 4.10. The van der Waals surface area contributed by atoms with Crippen molar-refractivity contribution in [1.82, 2.24) is 10.2 Å². The minimum Gasteiger partial charge on any atom is -0.396 e. The predicted octanol–water partition coefficient (Wildman–Crippen LogP) is 3.26. The summed E-state index contributed by atoms with van der Waals surface area (Å²) in [5, 5.41) is 12.5. The van der Waals surface area contributed by atoms with Crippen molar-refractivity contribution in [3.05, 3.63) is 35.4 Å². The molecule has 1 fully saturated rings. The maximum absolute atomic E-state index is 12.9. The molecule has 0 saturated heterocycles. The number of carbonyl (C=O) groups is 1. The molecule has 2 N–H and O–H groups in total. The fourth-order valence-electron chi connectivity index (χ4n) is 4.10. The third-order valence-electron chi connectivity index (χ3n) is 5.47. The fraction of sp³-hybridized carbons (Fsp3) is 0.632. The molecule has 0 radical (unpaired) electrons. The zero-order valence-corrected chi connectivity index (χ0v) is 14.0. The molecule has 0 aliphatic heterocycles. The van der Waals surface area contributed by atoms with Gasteiger partial charge in [-0.3, -0.25) is 0 Å². The van der Waals surface area contributed by atoms with Gasteiger partial charge in [-0.1, -0.05) is 37.6 Å². The number of rotatable bonds is 5. The van der Waals surface area contributed by atoms with Crippen molar-refractivity contribution in [3.63, 3.8) is 0 Å². The number of urea groups is 1. The number of benzene rings is 1. The van der Waals surface area contributed by atoms with Crippen LogP contribution in [0.2, 0.25) is 0 Å². The van der Waals surface area contributed by atoms with Gasteiger partial charge in [0.1, 0.15) is 0 Å². The summed E-state index contributed by atoms with van der Waals surface area (Å²) >= 11 is 0. The highest BCUT2D eigenvalue weighted by atomic mass is 16.3. The SMILES string of the molecule is CC1CCCC1NC(=O)N(CCCO)C1CCc2ccccc21. The maximum atomic E-state index is 12.9. The first kappa shape index (κ1) is 16.3. The van der Waals surface area contributed by atoms with Crippen LogP contribution in [0, 0.1) is 5.92 Å². The lowest BCUT2D eigenvalue weighted by Gasteiger charge is -2.32. The van der Waals surface area contributed by atoms with E-state index in [2.05, 4.69) is 36.5 Å². The minimum absolute atomic E-state index is 0.0407. The molecule has 2 amide bonds. The van der Waals surface area contributed by atoms with E-state index in [4.69, 9.17) is 0 Å². The first-order valence-corrected chi connectivity index (χ1v) is 8.96. The summed E-state index contributed by atoms with van der Waals surface area (Å²) in [6.45, 7) is 2.96. The van der Waals surface area contributed by atoms with Crippen LogP contribution in [-0.2, 0) is 6.42 Å². The van der Waals surface area contributed by atoms with E-state index in [-0.39, 0.29) is 18.7 Å². The van der Waals surface area contributed by atoms with Crippen LogP contribution in [0.1, 0.15) is 56.2 Å². The highest BCUT2D eigenvalue weighted by molar-refractivity contribution is 5.75. The summed E-state index contributed by atoms with van der Waals surface area (Å²) in [6.07, 6.45) is 6.14. The highest BCUT2D eigenvalue weighted by Gasteiger charge is 2.33. The van der Waals surface area contributed by atoms with Gasteiger partial charge in [0.2, 0.25) is 0 Å². The molecule has 0 aromatic heterocycles. The van der Waals surface area contributed by atoms with Crippen molar-refractivity contribution in [2.75, 3.05) is 13.2 Å². The van der Waals surface area contributed by atoms with Crippen LogP contribution in [0.4, 0.5) is 4.79 Å². The second-order valence-electron chi connectivity index (χ2n) is 6.99. The van der Waals surface area contributed by atoms with Crippen LogP contribution in [0.5, 0.6) is 0 Å². The molecular weight excluding hydrogens is 288 g/mol. The van der Waals surface area contributed by atoms with Crippen LogP contribution in [0.15, 0.2) is 24.3 Å². The van der Waals surface area contributed by atoms with Gasteiger partial charge in [0.15, 0.2) is 0 Å². The summed E-state index contributed by atoms with van der Waals surface area (Å²) in [6, 6.07) is 8.92. The molecule has 4 nitrogen and oxygen atoms in total. The largest absolute Gasteiger partial charge is 0.396 e. The number of fused-ring (bicyclic) bond motifs is 1. The Hall–Kier alpha value is -1.55. The summed E-state index contributed by atoms with van der Waals surface area (Å²) in [7, 11) is 0. The second-order valence-corrected chi connectivity index (χ2v) is 6.99. The number of amides is 2. The van der Waals surface area contributed by atoms with E-state index in [9.17, 15) is 9.90 Å². The first-order valence-electron chi connectivity index (χ1n) is 8.96. The number of aliphatic hydroxyl groups is 1. The van der Waals surface area contributed by atoms with Crippen LogP contribution in [-0.4, -0.2) is 35.2 Å². The molecule has 0 bridgehead atoms. The van der Waals surface area contributed by atoms with Gasteiger partial charge < -0.3 is 15.3 Å². The molecule has 126 valence electrons. The molecule has 1 aromatic carbocycles. The number of aliphatic hydroxyl groups excluding tert-OH is 1. The number of carbonyl (C=O) groups excluding carboxylic acids is 1.